The molecule has 2 heterocycles. The first-order valence-corrected chi connectivity index (χ1v) is 12.0. The molecular formula is C27H27N3OS. The summed E-state index contributed by atoms with van der Waals surface area (Å²) in [4.78, 5) is 15.0. The van der Waals surface area contributed by atoms with Crippen LogP contribution in [0.3, 0.4) is 0 Å². The number of fused-ring (bicyclic) bond motifs is 3. The highest BCUT2D eigenvalue weighted by Gasteiger charge is 2.27. The van der Waals surface area contributed by atoms with Crippen molar-refractivity contribution in [1.29, 1.82) is 0 Å². The lowest BCUT2D eigenvalue weighted by Crippen LogP contribution is -2.32. The predicted molar refractivity (Wildman–Crippen MR) is 131 cm³/mol. The van der Waals surface area contributed by atoms with Crippen LogP contribution in [-0.2, 0) is 19.3 Å². The quantitative estimate of drug-likeness (QED) is 0.414. The van der Waals surface area contributed by atoms with Crippen LogP contribution in [0.15, 0.2) is 66.7 Å². The van der Waals surface area contributed by atoms with E-state index >= 15 is 0 Å². The van der Waals surface area contributed by atoms with E-state index in [0.717, 1.165) is 41.9 Å². The maximum absolute atomic E-state index is 13.0. The third kappa shape index (κ3) is 4.00. The molecule has 0 aliphatic heterocycles. The Labute approximate surface area is 192 Å². The summed E-state index contributed by atoms with van der Waals surface area (Å²) in [5.74, 6) is 0.0274. The normalized spacial score (nSPS) is 13.3. The molecule has 2 aromatic heterocycles. The number of amides is 1. The van der Waals surface area contributed by atoms with Crippen LogP contribution in [0.25, 0.3) is 16.1 Å². The molecule has 162 valence electrons. The number of para-hydroxylation sites is 1. The monoisotopic (exact) mass is 441 g/mol. The number of thiophene rings is 1. The Hall–Kier alpha value is -3.18. The van der Waals surface area contributed by atoms with Gasteiger partial charge in [0.1, 0.15) is 0 Å². The van der Waals surface area contributed by atoms with Crippen molar-refractivity contribution in [3.63, 3.8) is 0 Å². The number of benzene rings is 2. The molecule has 0 unspecified atom stereocenters. The van der Waals surface area contributed by atoms with E-state index in [2.05, 4.69) is 66.3 Å². The van der Waals surface area contributed by atoms with E-state index in [1.807, 2.05) is 24.3 Å². The molecule has 0 bridgehead atoms. The van der Waals surface area contributed by atoms with Gasteiger partial charge >= 0.3 is 0 Å². The van der Waals surface area contributed by atoms with Crippen LogP contribution in [0, 0.1) is 6.92 Å². The first kappa shape index (κ1) is 20.7. The largest absolute Gasteiger partial charge is 0.349 e. The van der Waals surface area contributed by atoms with Gasteiger partial charge in [0, 0.05) is 16.5 Å². The third-order valence-electron chi connectivity index (χ3n) is 6.13. The Morgan fingerprint density at radius 3 is 2.56 bits per heavy atom. The molecule has 0 saturated carbocycles. The van der Waals surface area contributed by atoms with E-state index in [1.54, 1.807) is 11.3 Å². The molecule has 0 saturated heterocycles. The van der Waals surface area contributed by atoms with Crippen molar-refractivity contribution >= 4 is 17.2 Å². The lowest BCUT2D eigenvalue weighted by atomic mass is 9.95. The van der Waals surface area contributed by atoms with Crippen LogP contribution < -0.4 is 5.32 Å². The zero-order valence-electron chi connectivity index (χ0n) is 18.5. The standard InChI is InChI=1S/C27H27N3OS/c1-18(13-14-20-9-5-3-6-10-20)28-27(31)24-17-21-15-16-23-25(26(21)32-24)19(2)29-30(23)22-11-7-4-8-12-22/h3-12,17-18H,13-16H2,1-2H3,(H,28,31)/t18-/m0/s1. The molecule has 5 heteroatoms. The number of nitrogens with zero attached hydrogens (tertiary/aromatic N) is 2. The summed E-state index contributed by atoms with van der Waals surface area (Å²) < 4.78 is 2.07. The summed E-state index contributed by atoms with van der Waals surface area (Å²) in [5, 5.41) is 8.04. The number of hydrogen-bond acceptors (Lipinski definition) is 3. The highest BCUT2D eigenvalue weighted by atomic mass is 32.1. The van der Waals surface area contributed by atoms with Gasteiger partial charge in [0.2, 0.25) is 0 Å². The molecule has 1 N–H and O–H groups in total. The van der Waals surface area contributed by atoms with Crippen molar-refractivity contribution < 1.29 is 4.79 Å². The summed E-state index contributed by atoms with van der Waals surface area (Å²) in [5.41, 5.74) is 7.12. The Morgan fingerprint density at radius 2 is 1.81 bits per heavy atom. The second kappa shape index (κ2) is 8.75. The van der Waals surface area contributed by atoms with Crippen LogP contribution in [0.1, 0.15) is 45.5 Å². The van der Waals surface area contributed by atoms with Gasteiger partial charge in [0.15, 0.2) is 0 Å². The van der Waals surface area contributed by atoms with Gasteiger partial charge in [-0.2, -0.15) is 5.10 Å². The second-order valence-electron chi connectivity index (χ2n) is 8.52. The molecule has 0 radical (unpaired) electrons. The molecular weight excluding hydrogens is 414 g/mol. The maximum Gasteiger partial charge on any atom is 0.261 e. The van der Waals surface area contributed by atoms with Gasteiger partial charge in [-0.25, -0.2) is 4.68 Å². The summed E-state index contributed by atoms with van der Waals surface area (Å²) >= 11 is 1.60. The second-order valence-corrected chi connectivity index (χ2v) is 9.57. The fourth-order valence-electron chi connectivity index (χ4n) is 4.47. The fourth-order valence-corrected chi connectivity index (χ4v) is 5.70. The number of carbonyl (C=O) groups excluding carboxylic acids is 1. The van der Waals surface area contributed by atoms with Gasteiger partial charge in [0.25, 0.3) is 5.91 Å². The summed E-state index contributed by atoms with van der Waals surface area (Å²) in [6.07, 6.45) is 3.76. The number of nitrogens with one attached hydrogen (secondary N) is 1. The first-order chi connectivity index (χ1) is 15.6. The summed E-state index contributed by atoms with van der Waals surface area (Å²) in [6.45, 7) is 4.15. The minimum Gasteiger partial charge on any atom is -0.349 e. The molecule has 1 aliphatic carbocycles. The SMILES string of the molecule is Cc1nn(-c2ccccc2)c2c1-c1sc(C(=O)N[C@@H](C)CCc3ccccc3)cc1CC2. The van der Waals surface area contributed by atoms with E-state index in [-0.39, 0.29) is 11.9 Å². The molecule has 32 heavy (non-hydrogen) atoms. The van der Waals surface area contributed by atoms with Crippen LogP contribution in [0.2, 0.25) is 0 Å². The van der Waals surface area contributed by atoms with Gasteiger partial charge in [0.05, 0.1) is 22.0 Å². The van der Waals surface area contributed by atoms with E-state index < -0.39 is 0 Å². The van der Waals surface area contributed by atoms with Gasteiger partial charge in [-0.15, -0.1) is 11.3 Å². The summed E-state index contributed by atoms with van der Waals surface area (Å²) in [7, 11) is 0. The van der Waals surface area contributed by atoms with Crippen molar-refractivity contribution in [1.82, 2.24) is 15.1 Å². The maximum atomic E-state index is 13.0. The van der Waals surface area contributed by atoms with E-state index in [9.17, 15) is 4.79 Å². The third-order valence-corrected chi connectivity index (χ3v) is 7.33. The zero-order valence-corrected chi connectivity index (χ0v) is 19.3. The Morgan fingerprint density at radius 1 is 1.09 bits per heavy atom. The van der Waals surface area contributed by atoms with Crippen molar-refractivity contribution in [2.75, 3.05) is 0 Å². The van der Waals surface area contributed by atoms with Crippen LogP contribution in [0.4, 0.5) is 0 Å². The molecule has 1 atom stereocenters. The Bertz CT molecular complexity index is 1240. The lowest BCUT2D eigenvalue weighted by molar-refractivity contribution is 0.0942. The smallest absolute Gasteiger partial charge is 0.261 e. The summed E-state index contributed by atoms with van der Waals surface area (Å²) in [6, 6.07) is 22.9. The minimum absolute atomic E-state index is 0.0274. The van der Waals surface area contributed by atoms with Gasteiger partial charge in [-0.3, -0.25) is 4.79 Å². The van der Waals surface area contributed by atoms with Crippen molar-refractivity contribution in [3.8, 4) is 16.1 Å². The first-order valence-electron chi connectivity index (χ1n) is 11.2. The number of aryl methyl sites for hydroxylation is 3. The minimum atomic E-state index is 0.0274. The van der Waals surface area contributed by atoms with Crippen molar-refractivity contribution in [2.24, 2.45) is 0 Å². The van der Waals surface area contributed by atoms with Crippen LogP contribution in [0.5, 0.6) is 0 Å². The van der Waals surface area contributed by atoms with Gasteiger partial charge in [-0.1, -0.05) is 48.5 Å². The van der Waals surface area contributed by atoms with Crippen molar-refractivity contribution in [2.45, 2.75) is 45.6 Å². The van der Waals surface area contributed by atoms with E-state index in [4.69, 9.17) is 5.10 Å². The number of carbonyl (C=O) groups is 1. The molecule has 4 nitrogen and oxygen atoms in total. The molecule has 4 aromatic rings. The lowest BCUT2D eigenvalue weighted by Gasteiger charge is -2.14. The molecule has 1 aliphatic rings. The highest BCUT2D eigenvalue weighted by Crippen LogP contribution is 2.42. The average Bonchev–Trinajstić information content (AvgIpc) is 3.40. The molecule has 1 amide bonds. The highest BCUT2D eigenvalue weighted by molar-refractivity contribution is 7.17. The van der Waals surface area contributed by atoms with Crippen LogP contribution >= 0.6 is 11.3 Å². The zero-order chi connectivity index (χ0) is 22.1. The molecule has 5 rings (SSSR count). The van der Waals surface area contributed by atoms with Crippen molar-refractivity contribution in [3.05, 3.63) is 94.1 Å². The number of rotatable bonds is 6. The Kier molecular flexibility index (Phi) is 5.66. The van der Waals surface area contributed by atoms with E-state index in [1.165, 1.54) is 27.3 Å². The van der Waals surface area contributed by atoms with Crippen LogP contribution in [-0.4, -0.2) is 21.7 Å². The van der Waals surface area contributed by atoms with Gasteiger partial charge < -0.3 is 5.32 Å². The molecule has 2 aromatic carbocycles. The fraction of sp³-hybridized carbons (Fsp3) is 0.259. The topological polar surface area (TPSA) is 46.9 Å². The number of aromatic nitrogens is 2. The Balaban J connectivity index is 1.34. The predicted octanol–water partition coefficient (Wildman–Crippen LogP) is 5.76. The molecule has 0 fully saturated rings. The van der Waals surface area contributed by atoms with E-state index in [0.29, 0.717) is 0 Å². The number of hydrogen-bond donors (Lipinski definition) is 1. The molecule has 0 spiro atoms. The van der Waals surface area contributed by atoms with Gasteiger partial charge in [-0.05, 0) is 68.9 Å². The average molecular weight is 442 g/mol.